The van der Waals surface area contributed by atoms with Crippen LogP contribution in [0.4, 0.5) is 0 Å². The lowest BCUT2D eigenvalue weighted by Gasteiger charge is -2.37. The van der Waals surface area contributed by atoms with Gasteiger partial charge < -0.3 is 19.5 Å². The lowest BCUT2D eigenvalue weighted by atomic mass is 9.67. The first kappa shape index (κ1) is 27.3. The lowest BCUT2D eigenvalue weighted by molar-refractivity contribution is -0.141. The highest BCUT2D eigenvalue weighted by atomic mass is 16.6. The zero-order valence-corrected chi connectivity index (χ0v) is 23.2. The summed E-state index contributed by atoms with van der Waals surface area (Å²) in [4.78, 5) is 41.7. The van der Waals surface area contributed by atoms with Crippen LogP contribution in [0.1, 0.15) is 43.3 Å². The summed E-state index contributed by atoms with van der Waals surface area (Å²) < 4.78 is 11.3. The minimum Gasteiger partial charge on any atom is -0.493 e. The van der Waals surface area contributed by atoms with Gasteiger partial charge in [0, 0.05) is 24.1 Å². The number of carboxylic acids is 1. The fourth-order valence-electron chi connectivity index (χ4n) is 6.65. The minimum atomic E-state index is -0.969. The van der Waals surface area contributed by atoms with Crippen molar-refractivity contribution in [1.29, 1.82) is 0 Å². The van der Waals surface area contributed by atoms with Gasteiger partial charge in [0.05, 0.1) is 18.6 Å². The molecule has 6 rings (SSSR count). The van der Waals surface area contributed by atoms with Crippen LogP contribution in [-0.4, -0.2) is 47.5 Å². The Morgan fingerprint density at radius 2 is 1.45 bits per heavy atom. The topological polar surface area (TPSA) is 93.1 Å². The molecule has 7 nitrogen and oxygen atoms in total. The average Bonchev–Trinajstić information content (AvgIpc) is 3.37. The Labute approximate surface area is 244 Å². The van der Waals surface area contributed by atoms with Gasteiger partial charge in [-0.15, -0.1) is 0 Å². The SMILES string of the molecule is COc1cc2c(cc1OC(=O)c1ccccc1)[C@H](C(=O)O)[C@@H]1[C@@H](C2)CN(C(=O)c2ccccc2)[C@H]1Cc1ccccc1. The summed E-state index contributed by atoms with van der Waals surface area (Å²) in [6, 6.07) is 30.7. The minimum absolute atomic E-state index is 0.0672. The molecule has 0 aromatic heterocycles. The quantitative estimate of drug-likeness (QED) is 0.232. The fraction of sp³-hybridized carbons (Fsp3) is 0.229. The number of esters is 1. The van der Waals surface area contributed by atoms with E-state index in [-0.39, 0.29) is 29.5 Å². The summed E-state index contributed by atoms with van der Waals surface area (Å²) in [5, 5.41) is 10.7. The Balaban J connectivity index is 1.41. The Kier molecular flexibility index (Phi) is 7.48. The maximum atomic E-state index is 13.9. The summed E-state index contributed by atoms with van der Waals surface area (Å²) in [5.41, 5.74) is 3.41. The number of carbonyl (C=O) groups is 3. The molecule has 0 saturated carbocycles. The van der Waals surface area contributed by atoms with Gasteiger partial charge in [0.2, 0.25) is 0 Å². The Hall–Kier alpha value is -4.91. The second kappa shape index (κ2) is 11.5. The molecule has 2 aliphatic rings. The molecule has 1 amide bonds. The van der Waals surface area contributed by atoms with Gasteiger partial charge in [0.1, 0.15) is 0 Å². The number of likely N-dealkylation sites (tertiary alicyclic amines) is 1. The van der Waals surface area contributed by atoms with E-state index in [2.05, 4.69) is 0 Å². The smallest absolute Gasteiger partial charge is 0.343 e. The maximum Gasteiger partial charge on any atom is 0.343 e. The lowest BCUT2D eigenvalue weighted by Crippen LogP contribution is -2.43. The third-order valence-corrected chi connectivity index (χ3v) is 8.50. The van der Waals surface area contributed by atoms with E-state index in [0.717, 1.165) is 11.1 Å². The van der Waals surface area contributed by atoms with E-state index >= 15 is 0 Å². The largest absolute Gasteiger partial charge is 0.493 e. The molecule has 0 bridgehead atoms. The van der Waals surface area contributed by atoms with Crippen LogP contribution in [0.2, 0.25) is 0 Å². The zero-order chi connectivity index (χ0) is 29.2. The van der Waals surface area contributed by atoms with Gasteiger partial charge in [0.25, 0.3) is 5.91 Å². The van der Waals surface area contributed by atoms with Crippen LogP contribution < -0.4 is 9.47 Å². The Morgan fingerprint density at radius 1 is 0.833 bits per heavy atom. The summed E-state index contributed by atoms with van der Waals surface area (Å²) in [6.07, 6.45) is 1.11. The van der Waals surface area contributed by atoms with Gasteiger partial charge in [0.15, 0.2) is 11.5 Å². The van der Waals surface area contributed by atoms with Crippen molar-refractivity contribution in [1.82, 2.24) is 4.90 Å². The third kappa shape index (κ3) is 5.14. The molecule has 0 spiro atoms. The molecule has 1 aliphatic heterocycles. The maximum absolute atomic E-state index is 13.9. The first-order valence-corrected chi connectivity index (χ1v) is 14.1. The van der Waals surface area contributed by atoms with Crippen molar-refractivity contribution in [2.75, 3.05) is 13.7 Å². The van der Waals surface area contributed by atoms with E-state index in [1.807, 2.05) is 59.5 Å². The van der Waals surface area contributed by atoms with Crippen molar-refractivity contribution < 1.29 is 29.0 Å². The fourth-order valence-corrected chi connectivity index (χ4v) is 6.65. The van der Waals surface area contributed by atoms with Crippen LogP contribution in [0.25, 0.3) is 0 Å². The van der Waals surface area contributed by atoms with Gasteiger partial charge in [-0.05, 0) is 71.8 Å². The molecule has 1 N–H and O–H groups in total. The highest BCUT2D eigenvalue weighted by Crippen LogP contribution is 2.50. The summed E-state index contributed by atoms with van der Waals surface area (Å²) in [7, 11) is 1.49. The second-order valence-electron chi connectivity index (χ2n) is 10.9. The Bertz CT molecular complexity index is 1610. The van der Waals surface area contributed by atoms with Crippen molar-refractivity contribution in [2.24, 2.45) is 11.8 Å². The molecular formula is C35H31NO6. The molecule has 4 aromatic rings. The van der Waals surface area contributed by atoms with Crippen molar-refractivity contribution in [3.63, 3.8) is 0 Å². The first-order chi connectivity index (χ1) is 20.4. The average molecular weight is 562 g/mol. The molecule has 1 heterocycles. The summed E-state index contributed by atoms with van der Waals surface area (Å²) in [6.45, 7) is 0.451. The van der Waals surface area contributed by atoms with Crippen LogP contribution in [-0.2, 0) is 17.6 Å². The number of hydrogen-bond donors (Lipinski definition) is 1. The summed E-state index contributed by atoms with van der Waals surface area (Å²) >= 11 is 0. The molecule has 0 unspecified atom stereocenters. The highest BCUT2D eigenvalue weighted by Gasteiger charge is 2.53. The van der Waals surface area contributed by atoms with E-state index in [1.165, 1.54) is 7.11 Å². The number of ether oxygens (including phenoxy) is 2. The number of fused-ring (bicyclic) bond motifs is 2. The second-order valence-corrected chi connectivity index (χ2v) is 10.9. The van der Waals surface area contributed by atoms with Gasteiger partial charge in [-0.1, -0.05) is 66.7 Å². The third-order valence-electron chi connectivity index (χ3n) is 8.50. The van der Waals surface area contributed by atoms with Crippen molar-refractivity contribution in [2.45, 2.75) is 24.8 Å². The standard InChI is InChI=1S/C35H31NO6/c1-41-29-19-25-18-26-21-36(33(37)23-13-7-3-8-14-23)28(17-22-11-5-2-6-12-22)31(26)32(34(38)39)27(25)20-30(29)42-35(40)24-15-9-4-10-16-24/h2-16,19-20,26,28,31-32H,17-18,21H2,1H3,(H,38,39)/t26-,28-,31+,32-/m0/s1. The van der Waals surface area contributed by atoms with E-state index in [9.17, 15) is 19.5 Å². The van der Waals surface area contributed by atoms with Crippen LogP contribution in [0.3, 0.4) is 0 Å². The number of rotatable bonds is 7. The van der Waals surface area contributed by atoms with Crippen LogP contribution in [0.15, 0.2) is 103 Å². The molecule has 212 valence electrons. The van der Waals surface area contributed by atoms with E-state index < -0.39 is 17.9 Å². The Morgan fingerprint density at radius 3 is 2.07 bits per heavy atom. The normalized spacial score (nSPS) is 20.7. The molecular weight excluding hydrogens is 530 g/mol. The predicted molar refractivity (Wildman–Crippen MR) is 157 cm³/mol. The molecule has 1 saturated heterocycles. The van der Waals surface area contributed by atoms with Crippen molar-refractivity contribution in [3.05, 3.63) is 131 Å². The molecule has 7 heteroatoms. The van der Waals surface area contributed by atoms with E-state index in [1.54, 1.807) is 48.5 Å². The van der Waals surface area contributed by atoms with Gasteiger partial charge in [-0.2, -0.15) is 0 Å². The number of benzene rings is 4. The molecule has 4 atom stereocenters. The molecule has 4 aromatic carbocycles. The number of carbonyl (C=O) groups excluding carboxylic acids is 2. The van der Waals surface area contributed by atoms with Crippen LogP contribution in [0.5, 0.6) is 11.5 Å². The number of methoxy groups -OCH3 is 1. The molecule has 42 heavy (non-hydrogen) atoms. The number of nitrogens with zero attached hydrogens (tertiary/aromatic N) is 1. The van der Waals surface area contributed by atoms with Crippen molar-refractivity contribution in [3.8, 4) is 11.5 Å². The van der Waals surface area contributed by atoms with Gasteiger partial charge >= 0.3 is 11.9 Å². The van der Waals surface area contributed by atoms with Gasteiger partial charge in [-0.3, -0.25) is 9.59 Å². The summed E-state index contributed by atoms with van der Waals surface area (Å²) in [5.74, 6) is -2.41. The van der Waals surface area contributed by atoms with E-state index in [4.69, 9.17) is 9.47 Å². The first-order valence-electron chi connectivity index (χ1n) is 14.1. The number of amides is 1. The molecule has 0 radical (unpaired) electrons. The number of hydrogen-bond acceptors (Lipinski definition) is 5. The van der Waals surface area contributed by atoms with E-state index in [0.29, 0.717) is 41.8 Å². The highest BCUT2D eigenvalue weighted by molar-refractivity contribution is 5.95. The zero-order valence-electron chi connectivity index (χ0n) is 23.2. The van der Waals surface area contributed by atoms with Crippen LogP contribution in [0, 0.1) is 11.8 Å². The van der Waals surface area contributed by atoms with Crippen molar-refractivity contribution >= 4 is 17.8 Å². The van der Waals surface area contributed by atoms with Gasteiger partial charge in [-0.25, -0.2) is 4.79 Å². The monoisotopic (exact) mass is 561 g/mol. The predicted octanol–water partition coefficient (Wildman–Crippen LogP) is 5.64. The number of carboxylic acid groups (broad SMARTS) is 1. The molecule has 1 aliphatic carbocycles. The number of aliphatic carboxylic acids is 1. The molecule has 1 fully saturated rings. The van der Waals surface area contributed by atoms with Crippen LogP contribution >= 0.6 is 0 Å².